The molecule has 3 atom stereocenters. The zero-order chi connectivity index (χ0) is 24.3. The van der Waals surface area contributed by atoms with Crippen LogP contribution in [-0.2, 0) is 33.7 Å². The van der Waals surface area contributed by atoms with Gasteiger partial charge in [-0.2, -0.15) is 25.8 Å². The number of ether oxygens (including phenoxy) is 1. The number of esters is 1. The second-order valence-electron chi connectivity index (χ2n) is 6.97. The summed E-state index contributed by atoms with van der Waals surface area (Å²) in [4.78, 5) is 41.4. The number of nitrogens with zero attached hydrogens (tertiary/aromatic N) is 2. The van der Waals surface area contributed by atoms with Crippen LogP contribution in [-0.4, -0.2) is 85.1 Å². The third-order valence-electron chi connectivity index (χ3n) is 4.62. The van der Waals surface area contributed by atoms with Crippen molar-refractivity contribution in [2.24, 2.45) is 17.4 Å². The Labute approximate surface area is 179 Å². The summed E-state index contributed by atoms with van der Waals surface area (Å²) in [6.07, 6.45) is -4.81. The van der Waals surface area contributed by atoms with E-state index in [1.165, 1.54) is 0 Å². The number of nitrogens with two attached hydrogens (primary N) is 2. The molecule has 1 unspecified atom stereocenters. The molecule has 2 aliphatic rings. The Morgan fingerprint density at radius 3 is 2.59 bits per heavy atom. The van der Waals surface area contributed by atoms with Gasteiger partial charge in [0.1, 0.15) is 0 Å². The van der Waals surface area contributed by atoms with E-state index >= 15 is 0 Å². The van der Waals surface area contributed by atoms with Crippen molar-refractivity contribution in [3.8, 4) is 0 Å². The molecule has 184 valence electrons. The Bertz CT molecular complexity index is 842. The molecule has 32 heavy (non-hydrogen) atoms. The Morgan fingerprint density at radius 1 is 1.38 bits per heavy atom. The molecular formula is C14H22F3N5O9S. The van der Waals surface area contributed by atoms with Gasteiger partial charge in [0.05, 0.1) is 19.1 Å². The van der Waals surface area contributed by atoms with Gasteiger partial charge in [-0.3, -0.25) is 14.2 Å². The first kappa shape index (κ1) is 26.0. The van der Waals surface area contributed by atoms with Crippen LogP contribution < -0.4 is 16.9 Å². The maximum atomic E-state index is 12.8. The highest BCUT2D eigenvalue weighted by atomic mass is 32.3. The predicted molar refractivity (Wildman–Crippen MR) is 94.8 cm³/mol. The predicted octanol–water partition coefficient (Wildman–Crippen LogP) is -1.61. The fourth-order valence-corrected chi connectivity index (χ4v) is 3.75. The lowest BCUT2D eigenvalue weighted by Gasteiger charge is -2.34. The van der Waals surface area contributed by atoms with Crippen LogP contribution in [0, 0.1) is 5.92 Å². The smallest absolute Gasteiger partial charge is 0.415 e. The normalized spacial score (nSPS) is 24.4. The summed E-state index contributed by atoms with van der Waals surface area (Å²) in [5, 5.41) is 1.22. The van der Waals surface area contributed by atoms with Gasteiger partial charge in [-0.25, -0.2) is 25.1 Å². The Hall–Kier alpha value is -2.25. The van der Waals surface area contributed by atoms with E-state index in [-0.39, 0.29) is 19.6 Å². The molecule has 2 saturated heterocycles. The van der Waals surface area contributed by atoms with E-state index in [1.807, 2.05) is 5.48 Å². The van der Waals surface area contributed by atoms with Crippen LogP contribution in [0.2, 0.25) is 0 Å². The summed E-state index contributed by atoms with van der Waals surface area (Å²) in [7, 11) is -5.56. The molecule has 2 bridgehead atoms. The van der Waals surface area contributed by atoms with Crippen molar-refractivity contribution < 1.29 is 54.3 Å². The number of alkyl halides is 3. The summed E-state index contributed by atoms with van der Waals surface area (Å²) in [6.45, 7) is -0.582. The number of hydrogen-bond donors (Lipinski definition) is 4. The molecule has 0 saturated carbocycles. The number of hydrazine groups is 1. The van der Waals surface area contributed by atoms with Gasteiger partial charge in [0.15, 0.2) is 0 Å². The number of fused-ring (bicyclic) bond motifs is 2. The lowest BCUT2D eigenvalue weighted by Crippen LogP contribution is -2.55. The highest BCUT2D eigenvalue weighted by Gasteiger charge is 2.66. The maximum absolute atomic E-state index is 12.8. The van der Waals surface area contributed by atoms with Gasteiger partial charge >= 0.3 is 40.3 Å². The number of nitrogens with one attached hydrogen (secondary N) is 1. The van der Waals surface area contributed by atoms with Crippen molar-refractivity contribution in [3.05, 3.63) is 0 Å². The quantitative estimate of drug-likeness (QED) is 0.124. The number of rotatable bonds is 9. The first-order valence-electron chi connectivity index (χ1n) is 9.16. The third kappa shape index (κ3) is 5.95. The molecule has 0 aromatic heterocycles. The molecule has 0 radical (unpaired) electrons. The van der Waals surface area contributed by atoms with E-state index in [2.05, 4.69) is 8.92 Å². The van der Waals surface area contributed by atoms with Crippen LogP contribution in [0.5, 0.6) is 0 Å². The average Bonchev–Trinajstić information content (AvgIpc) is 2.86. The summed E-state index contributed by atoms with van der Waals surface area (Å²) >= 11 is 0. The van der Waals surface area contributed by atoms with Crippen molar-refractivity contribution in [2.45, 2.75) is 37.3 Å². The molecule has 18 heteroatoms. The molecule has 2 fully saturated rings. The monoisotopic (exact) mass is 493 g/mol. The number of urea groups is 1. The van der Waals surface area contributed by atoms with Crippen molar-refractivity contribution in [1.29, 1.82) is 0 Å². The van der Waals surface area contributed by atoms with Crippen LogP contribution in [0.4, 0.5) is 18.0 Å². The van der Waals surface area contributed by atoms with Crippen LogP contribution in [0.3, 0.4) is 0 Å². The lowest BCUT2D eigenvalue weighted by molar-refractivity contribution is -0.243. The standard InChI is InChI=1S/C14H22F3N5O9S/c15-14(16,17)11(24)30-13(31-32(26,27)28)8-3-5-21(22(6-8)10(13)23)12(25)20-29-7-9(19)2-1-4-18/h8-9H,1-7,18-19H2,(H,20,25)(H,26,27,28)/t8-,9+,13?/m1/s1. The average molecular weight is 493 g/mol. The molecular weight excluding hydrogens is 471 g/mol. The fourth-order valence-electron chi connectivity index (χ4n) is 3.19. The number of amides is 3. The first-order valence-corrected chi connectivity index (χ1v) is 10.5. The van der Waals surface area contributed by atoms with Gasteiger partial charge in [0.2, 0.25) is 0 Å². The second kappa shape index (κ2) is 9.71. The molecule has 0 aliphatic carbocycles. The molecule has 0 aromatic carbocycles. The van der Waals surface area contributed by atoms with Crippen LogP contribution in [0.25, 0.3) is 0 Å². The molecule has 6 N–H and O–H groups in total. The van der Waals surface area contributed by atoms with Gasteiger partial charge in [-0.15, -0.1) is 0 Å². The van der Waals surface area contributed by atoms with Gasteiger partial charge < -0.3 is 16.2 Å². The van der Waals surface area contributed by atoms with E-state index < -0.39 is 58.8 Å². The minimum absolute atomic E-state index is 0.116. The highest BCUT2D eigenvalue weighted by molar-refractivity contribution is 7.81. The van der Waals surface area contributed by atoms with Crippen molar-refractivity contribution in [2.75, 3.05) is 26.2 Å². The molecule has 14 nitrogen and oxygen atoms in total. The second-order valence-corrected chi connectivity index (χ2v) is 7.99. The fraction of sp³-hybridized carbons (Fsp3) is 0.786. The van der Waals surface area contributed by atoms with E-state index in [4.69, 9.17) is 20.9 Å². The number of carbonyl (C=O) groups is 3. The Morgan fingerprint density at radius 2 is 2.03 bits per heavy atom. The van der Waals surface area contributed by atoms with Gasteiger partial charge in [0.25, 0.3) is 0 Å². The van der Waals surface area contributed by atoms with Crippen LogP contribution in [0.1, 0.15) is 19.3 Å². The molecule has 2 rings (SSSR count). The maximum Gasteiger partial charge on any atom is 0.491 e. The van der Waals surface area contributed by atoms with E-state index in [9.17, 15) is 36.0 Å². The van der Waals surface area contributed by atoms with Crippen LogP contribution in [0.15, 0.2) is 0 Å². The Balaban J connectivity index is 2.15. The van der Waals surface area contributed by atoms with E-state index in [1.54, 1.807) is 0 Å². The highest BCUT2D eigenvalue weighted by Crippen LogP contribution is 2.42. The largest absolute Gasteiger partial charge is 0.491 e. The first-order chi connectivity index (χ1) is 14.7. The number of hydrogen-bond acceptors (Lipinski definition) is 10. The summed E-state index contributed by atoms with van der Waals surface area (Å²) in [6, 6.07) is -1.50. The lowest BCUT2D eigenvalue weighted by atomic mass is 9.97. The third-order valence-corrected chi connectivity index (χ3v) is 5.08. The summed E-state index contributed by atoms with van der Waals surface area (Å²) in [5.41, 5.74) is 13.1. The molecule has 3 amide bonds. The molecule has 2 heterocycles. The summed E-state index contributed by atoms with van der Waals surface area (Å²) in [5.74, 6) is -9.34. The minimum atomic E-state index is -5.60. The zero-order valence-electron chi connectivity index (χ0n) is 16.4. The topological polar surface area (TPSA) is 204 Å². The van der Waals surface area contributed by atoms with Crippen molar-refractivity contribution >= 4 is 28.3 Å². The zero-order valence-corrected chi connectivity index (χ0v) is 17.2. The van der Waals surface area contributed by atoms with Crippen molar-refractivity contribution in [1.82, 2.24) is 15.5 Å². The van der Waals surface area contributed by atoms with Crippen molar-refractivity contribution in [3.63, 3.8) is 0 Å². The SMILES string of the molecule is NCCC[C@H](N)CONC(=O)N1CC[C@@H]2CN1C(=O)C2(OC(=O)C(F)(F)F)OS(=O)(=O)O. The summed E-state index contributed by atoms with van der Waals surface area (Å²) < 4.78 is 77.7. The van der Waals surface area contributed by atoms with E-state index in [0.717, 1.165) is 0 Å². The van der Waals surface area contributed by atoms with Gasteiger partial charge in [-0.05, 0) is 25.8 Å². The molecule has 0 aromatic rings. The Kier molecular flexibility index (Phi) is 7.89. The molecule has 0 spiro atoms. The van der Waals surface area contributed by atoms with Gasteiger partial charge in [-0.1, -0.05) is 0 Å². The minimum Gasteiger partial charge on any atom is -0.415 e. The number of carbonyl (C=O) groups excluding carboxylic acids is 3. The number of hydroxylamine groups is 1. The molecule has 2 aliphatic heterocycles. The van der Waals surface area contributed by atoms with Crippen LogP contribution >= 0.6 is 0 Å². The van der Waals surface area contributed by atoms with Gasteiger partial charge in [0, 0.05) is 12.6 Å². The number of halogens is 3. The van der Waals surface area contributed by atoms with E-state index in [0.29, 0.717) is 29.4 Å².